The smallest absolute Gasteiger partial charge is 0.0632 e. The second-order valence-corrected chi connectivity index (χ2v) is 4.03. The van der Waals surface area contributed by atoms with E-state index in [0.717, 1.165) is 31.6 Å². The molecular weight excluding hydrogens is 176 g/mol. The van der Waals surface area contributed by atoms with E-state index in [-0.39, 0.29) is 0 Å². The number of hydrogen-bond acceptors (Lipinski definition) is 4. The summed E-state index contributed by atoms with van der Waals surface area (Å²) in [5.41, 5.74) is 15.4. The van der Waals surface area contributed by atoms with Gasteiger partial charge in [0.2, 0.25) is 0 Å². The van der Waals surface area contributed by atoms with Gasteiger partial charge in [-0.15, -0.1) is 0 Å². The molecule has 0 aromatic rings. The van der Waals surface area contributed by atoms with Gasteiger partial charge in [-0.1, -0.05) is 6.58 Å². The van der Waals surface area contributed by atoms with Crippen molar-refractivity contribution in [2.45, 2.75) is 38.3 Å². The van der Waals surface area contributed by atoms with Crippen LogP contribution in [0.5, 0.6) is 0 Å². The molecule has 0 aromatic carbocycles. The van der Waals surface area contributed by atoms with Gasteiger partial charge >= 0.3 is 0 Å². The summed E-state index contributed by atoms with van der Waals surface area (Å²) in [6, 6.07) is 0.718. The first kappa shape index (κ1) is 11.5. The average Bonchev–Trinajstić information content (AvgIpc) is 2.52. The minimum absolute atomic E-state index is 0.301. The molecule has 0 aliphatic carbocycles. The lowest BCUT2D eigenvalue weighted by molar-refractivity contribution is 0.160. The second kappa shape index (κ2) is 5.34. The van der Waals surface area contributed by atoms with E-state index in [2.05, 4.69) is 23.9 Å². The molecule has 0 bridgehead atoms. The SMILES string of the molecule is C=C(N)C1CCCN1NC(C)CCN. The van der Waals surface area contributed by atoms with Crippen molar-refractivity contribution in [3.05, 3.63) is 12.3 Å². The van der Waals surface area contributed by atoms with E-state index in [0.29, 0.717) is 12.1 Å². The molecule has 4 nitrogen and oxygen atoms in total. The minimum atomic E-state index is 0.301. The monoisotopic (exact) mass is 198 g/mol. The van der Waals surface area contributed by atoms with Crippen LogP contribution in [0.4, 0.5) is 0 Å². The Kier molecular flexibility index (Phi) is 4.38. The predicted octanol–water partition coefficient (Wildman–Crippen LogP) is 0.165. The first-order chi connectivity index (χ1) is 6.65. The number of nitrogens with one attached hydrogen (secondary N) is 1. The number of nitrogens with two attached hydrogens (primary N) is 2. The van der Waals surface area contributed by atoms with E-state index in [4.69, 9.17) is 11.5 Å². The lowest BCUT2D eigenvalue weighted by Crippen LogP contribution is -2.48. The molecule has 14 heavy (non-hydrogen) atoms. The van der Waals surface area contributed by atoms with Gasteiger partial charge in [0, 0.05) is 18.3 Å². The molecule has 0 saturated carbocycles. The molecule has 82 valence electrons. The maximum atomic E-state index is 5.74. The van der Waals surface area contributed by atoms with Crippen molar-refractivity contribution in [2.75, 3.05) is 13.1 Å². The first-order valence-electron chi connectivity index (χ1n) is 5.32. The van der Waals surface area contributed by atoms with E-state index in [9.17, 15) is 0 Å². The zero-order valence-electron chi connectivity index (χ0n) is 9.00. The number of hydrazine groups is 1. The molecule has 0 aromatic heterocycles. The Morgan fingerprint density at radius 3 is 3.00 bits per heavy atom. The lowest BCUT2D eigenvalue weighted by atomic mass is 10.2. The van der Waals surface area contributed by atoms with Gasteiger partial charge in [-0.2, -0.15) is 0 Å². The van der Waals surface area contributed by atoms with Crippen LogP contribution in [0.2, 0.25) is 0 Å². The van der Waals surface area contributed by atoms with Gasteiger partial charge in [0.25, 0.3) is 0 Å². The molecule has 1 saturated heterocycles. The number of nitrogens with zero attached hydrogens (tertiary/aromatic N) is 1. The third kappa shape index (κ3) is 2.97. The second-order valence-electron chi connectivity index (χ2n) is 4.03. The van der Waals surface area contributed by atoms with E-state index >= 15 is 0 Å². The third-order valence-electron chi connectivity index (χ3n) is 2.67. The first-order valence-corrected chi connectivity index (χ1v) is 5.32. The summed E-state index contributed by atoms with van der Waals surface area (Å²) >= 11 is 0. The van der Waals surface area contributed by atoms with Crippen LogP contribution in [0.1, 0.15) is 26.2 Å². The zero-order valence-corrected chi connectivity index (χ0v) is 9.00. The lowest BCUT2D eigenvalue weighted by Gasteiger charge is -2.28. The van der Waals surface area contributed by atoms with E-state index in [1.165, 1.54) is 6.42 Å². The highest BCUT2D eigenvalue weighted by Gasteiger charge is 2.26. The molecule has 0 radical (unpaired) electrons. The largest absolute Gasteiger partial charge is 0.401 e. The minimum Gasteiger partial charge on any atom is -0.401 e. The van der Waals surface area contributed by atoms with Crippen molar-refractivity contribution in [1.82, 2.24) is 10.4 Å². The summed E-state index contributed by atoms with van der Waals surface area (Å²) < 4.78 is 0. The Balaban J connectivity index is 2.39. The maximum Gasteiger partial charge on any atom is 0.0632 e. The molecule has 1 heterocycles. The van der Waals surface area contributed by atoms with Crippen LogP contribution in [0.3, 0.4) is 0 Å². The molecule has 0 amide bonds. The van der Waals surface area contributed by atoms with Crippen LogP contribution in [0.25, 0.3) is 0 Å². The molecule has 2 atom stereocenters. The highest BCUT2D eigenvalue weighted by Crippen LogP contribution is 2.18. The topological polar surface area (TPSA) is 67.3 Å². The quantitative estimate of drug-likeness (QED) is 0.589. The van der Waals surface area contributed by atoms with Crippen LogP contribution in [0.15, 0.2) is 12.3 Å². The summed E-state index contributed by atoms with van der Waals surface area (Å²) in [5, 5.41) is 2.20. The van der Waals surface area contributed by atoms with Gasteiger partial charge in [-0.25, -0.2) is 5.01 Å². The predicted molar refractivity (Wildman–Crippen MR) is 59.3 cm³/mol. The normalized spacial score (nSPS) is 25.1. The van der Waals surface area contributed by atoms with Gasteiger partial charge in [-0.05, 0) is 32.7 Å². The fourth-order valence-corrected chi connectivity index (χ4v) is 1.90. The van der Waals surface area contributed by atoms with Crippen LogP contribution >= 0.6 is 0 Å². The van der Waals surface area contributed by atoms with Gasteiger partial charge in [0.1, 0.15) is 0 Å². The molecule has 5 N–H and O–H groups in total. The van der Waals surface area contributed by atoms with E-state index in [1.807, 2.05) is 0 Å². The molecule has 1 fully saturated rings. The Morgan fingerprint density at radius 1 is 1.71 bits per heavy atom. The zero-order chi connectivity index (χ0) is 10.6. The van der Waals surface area contributed by atoms with E-state index in [1.54, 1.807) is 0 Å². The van der Waals surface area contributed by atoms with Gasteiger partial charge < -0.3 is 11.5 Å². The van der Waals surface area contributed by atoms with Gasteiger partial charge in [-0.3, -0.25) is 5.43 Å². The molecule has 4 heteroatoms. The summed E-state index contributed by atoms with van der Waals surface area (Å²) in [6.07, 6.45) is 3.28. The van der Waals surface area contributed by atoms with Crippen LogP contribution < -0.4 is 16.9 Å². The molecule has 1 rings (SSSR count). The van der Waals surface area contributed by atoms with Crippen molar-refractivity contribution in [3.8, 4) is 0 Å². The summed E-state index contributed by atoms with van der Waals surface area (Å²) in [5.74, 6) is 0. The highest BCUT2D eigenvalue weighted by atomic mass is 15.5. The Bertz CT molecular complexity index is 193. The Labute approximate surface area is 86.3 Å². The maximum absolute atomic E-state index is 5.74. The van der Waals surface area contributed by atoms with Gasteiger partial charge in [0.05, 0.1) is 6.04 Å². The van der Waals surface area contributed by atoms with Crippen LogP contribution in [-0.4, -0.2) is 30.2 Å². The Morgan fingerprint density at radius 2 is 2.43 bits per heavy atom. The summed E-state index contributed by atoms with van der Waals surface area (Å²) in [7, 11) is 0. The van der Waals surface area contributed by atoms with Crippen molar-refractivity contribution >= 4 is 0 Å². The number of rotatable bonds is 5. The molecule has 1 aliphatic rings. The van der Waals surface area contributed by atoms with Crippen molar-refractivity contribution in [2.24, 2.45) is 11.5 Å². The van der Waals surface area contributed by atoms with Crippen LogP contribution in [-0.2, 0) is 0 Å². The number of hydrogen-bond donors (Lipinski definition) is 3. The standard InChI is InChI=1S/C10H22N4/c1-8(5-6-11)13-14-7-3-4-10(14)9(2)12/h8,10,13H,2-7,11-12H2,1H3. The third-order valence-corrected chi connectivity index (χ3v) is 2.67. The highest BCUT2D eigenvalue weighted by molar-refractivity contribution is 5.02. The molecule has 0 spiro atoms. The van der Waals surface area contributed by atoms with Gasteiger partial charge in [0.15, 0.2) is 0 Å². The Hall–Kier alpha value is -0.580. The fraction of sp³-hybridized carbons (Fsp3) is 0.800. The summed E-state index contributed by atoms with van der Waals surface area (Å²) in [4.78, 5) is 0. The van der Waals surface area contributed by atoms with Crippen molar-refractivity contribution in [1.29, 1.82) is 0 Å². The van der Waals surface area contributed by atoms with Crippen molar-refractivity contribution < 1.29 is 0 Å². The van der Waals surface area contributed by atoms with Crippen LogP contribution in [0, 0.1) is 0 Å². The van der Waals surface area contributed by atoms with Crippen molar-refractivity contribution in [3.63, 3.8) is 0 Å². The van der Waals surface area contributed by atoms with E-state index < -0.39 is 0 Å². The molecule has 2 unspecified atom stereocenters. The molecule has 1 aliphatic heterocycles. The fourth-order valence-electron chi connectivity index (χ4n) is 1.90. The molecular formula is C10H22N4. The summed E-state index contributed by atoms with van der Waals surface area (Å²) in [6.45, 7) is 7.72. The average molecular weight is 198 g/mol.